The predicted octanol–water partition coefficient (Wildman–Crippen LogP) is 1.12. The maximum atomic E-state index is 5.73. The normalized spacial score (nSPS) is 17.5. The Labute approximate surface area is 76.4 Å². The smallest absolute Gasteiger partial charge is 0.152 e. The van der Waals surface area contributed by atoms with E-state index in [9.17, 15) is 0 Å². The third kappa shape index (κ3) is 1.42. The summed E-state index contributed by atoms with van der Waals surface area (Å²) in [6.45, 7) is 1.99. The number of rotatable bonds is 0. The summed E-state index contributed by atoms with van der Waals surface area (Å²) in [5.74, 6) is 0. The average molecular weight is 184 g/mol. The van der Waals surface area contributed by atoms with Gasteiger partial charge < -0.3 is 4.90 Å². The largest absolute Gasteiger partial charge is 0.302 e. The molecule has 1 aliphatic rings. The number of halogens is 1. The molecule has 0 radical (unpaired) electrons. The first-order chi connectivity index (χ1) is 5.75. The van der Waals surface area contributed by atoms with Crippen molar-refractivity contribution < 1.29 is 0 Å². The third-order valence-electron chi connectivity index (χ3n) is 2.10. The van der Waals surface area contributed by atoms with E-state index in [0.29, 0.717) is 5.15 Å². The van der Waals surface area contributed by atoms with Gasteiger partial charge in [-0.05, 0) is 18.7 Å². The van der Waals surface area contributed by atoms with Crippen LogP contribution in [0, 0.1) is 0 Å². The minimum absolute atomic E-state index is 0.490. The highest BCUT2D eigenvalue weighted by molar-refractivity contribution is 6.29. The van der Waals surface area contributed by atoms with Gasteiger partial charge in [-0.3, -0.25) is 0 Å². The van der Waals surface area contributed by atoms with Crippen LogP contribution in [0.3, 0.4) is 0 Å². The first-order valence-electron chi connectivity index (χ1n) is 3.95. The predicted molar refractivity (Wildman–Crippen MR) is 47.1 cm³/mol. The Hall–Kier alpha value is -0.670. The maximum absolute atomic E-state index is 5.73. The lowest BCUT2D eigenvalue weighted by molar-refractivity contribution is 0.308. The molecule has 4 heteroatoms. The van der Waals surface area contributed by atoms with Crippen molar-refractivity contribution in [3.63, 3.8) is 0 Å². The van der Waals surface area contributed by atoms with Crippen molar-refractivity contribution in [2.45, 2.75) is 13.0 Å². The van der Waals surface area contributed by atoms with Gasteiger partial charge in [-0.15, -0.1) is 5.10 Å². The lowest BCUT2D eigenvalue weighted by atomic mass is 10.1. The van der Waals surface area contributed by atoms with Gasteiger partial charge in [-0.1, -0.05) is 11.6 Å². The molecule has 1 aromatic heterocycles. The summed E-state index contributed by atoms with van der Waals surface area (Å²) in [6.07, 6.45) is 0.982. The number of hydrogen-bond acceptors (Lipinski definition) is 3. The number of likely N-dealkylation sites (N-methyl/N-ethyl adjacent to an activating group) is 1. The summed E-state index contributed by atoms with van der Waals surface area (Å²) in [7, 11) is 2.09. The van der Waals surface area contributed by atoms with E-state index in [1.54, 1.807) is 0 Å². The zero-order valence-electron chi connectivity index (χ0n) is 6.92. The summed E-state index contributed by atoms with van der Waals surface area (Å²) >= 11 is 5.73. The average Bonchev–Trinajstić information content (AvgIpc) is 2.03. The van der Waals surface area contributed by atoms with Crippen LogP contribution in [0.25, 0.3) is 0 Å². The molecule has 1 aliphatic heterocycles. The molecule has 0 fully saturated rings. The molecule has 0 saturated heterocycles. The summed E-state index contributed by atoms with van der Waals surface area (Å²) in [5.41, 5.74) is 2.31. The van der Waals surface area contributed by atoms with E-state index in [-0.39, 0.29) is 0 Å². The fourth-order valence-corrected chi connectivity index (χ4v) is 1.61. The first kappa shape index (κ1) is 7.95. The second-order valence-corrected chi connectivity index (χ2v) is 3.51. The molecule has 0 unspecified atom stereocenters. The maximum Gasteiger partial charge on any atom is 0.152 e. The molecule has 0 aliphatic carbocycles. The van der Waals surface area contributed by atoms with Gasteiger partial charge in [0.15, 0.2) is 5.15 Å². The van der Waals surface area contributed by atoms with Gasteiger partial charge in [0.2, 0.25) is 0 Å². The summed E-state index contributed by atoms with van der Waals surface area (Å²) in [4.78, 5) is 2.25. The van der Waals surface area contributed by atoms with Crippen LogP contribution in [0.2, 0.25) is 5.15 Å². The van der Waals surface area contributed by atoms with Gasteiger partial charge in [0.1, 0.15) is 0 Å². The molecule has 0 spiro atoms. The molecule has 0 aromatic carbocycles. The summed E-state index contributed by atoms with van der Waals surface area (Å²) < 4.78 is 0. The fourth-order valence-electron chi connectivity index (χ4n) is 1.44. The van der Waals surface area contributed by atoms with E-state index in [1.807, 2.05) is 6.07 Å². The van der Waals surface area contributed by atoms with Gasteiger partial charge in [0, 0.05) is 19.5 Å². The highest BCUT2D eigenvalue weighted by atomic mass is 35.5. The van der Waals surface area contributed by atoms with E-state index < -0.39 is 0 Å². The molecule has 12 heavy (non-hydrogen) atoms. The highest BCUT2D eigenvalue weighted by Crippen LogP contribution is 2.17. The molecule has 2 heterocycles. The standard InChI is InChI=1S/C8H10ClN3/c1-12-3-2-7-6(5-12)4-8(9)11-10-7/h4H,2-3,5H2,1H3. The SMILES string of the molecule is CN1CCc2nnc(Cl)cc2C1. The molecule has 0 saturated carbocycles. The van der Waals surface area contributed by atoms with Crippen LogP contribution in [0.4, 0.5) is 0 Å². The van der Waals surface area contributed by atoms with Crippen LogP contribution in [-0.4, -0.2) is 28.7 Å². The van der Waals surface area contributed by atoms with E-state index in [1.165, 1.54) is 5.56 Å². The molecule has 0 amide bonds. The number of fused-ring (bicyclic) bond motifs is 1. The molecule has 0 bridgehead atoms. The Balaban J connectivity index is 2.37. The Morgan fingerprint density at radius 1 is 1.50 bits per heavy atom. The monoisotopic (exact) mass is 183 g/mol. The molecular weight excluding hydrogens is 174 g/mol. The summed E-state index contributed by atoms with van der Waals surface area (Å²) in [6, 6.07) is 1.90. The van der Waals surface area contributed by atoms with Crippen molar-refractivity contribution in [2.24, 2.45) is 0 Å². The molecule has 64 valence electrons. The van der Waals surface area contributed by atoms with Crippen LogP contribution in [0.5, 0.6) is 0 Å². The molecule has 1 aromatic rings. The second-order valence-electron chi connectivity index (χ2n) is 3.13. The quantitative estimate of drug-likeness (QED) is 0.604. The number of aromatic nitrogens is 2. The minimum Gasteiger partial charge on any atom is -0.302 e. The molecule has 3 nitrogen and oxygen atoms in total. The minimum atomic E-state index is 0.490. The van der Waals surface area contributed by atoms with Gasteiger partial charge in [-0.2, -0.15) is 5.10 Å². The summed E-state index contributed by atoms with van der Waals surface area (Å²) in [5, 5.41) is 8.35. The molecular formula is C8H10ClN3. The highest BCUT2D eigenvalue weighted by Gasteiger charge is 2.14. The van der Waals surface area contributed by atoms with Crippen LogP contribution in [0.1, 0.15) is 11.3 Å². The fraction of sp³-hybridized carbons (Fsp3) is 0.500. The Kier molecular flexibility index (Phi) is 1.98. The van der Waals surface area contributed by atoms with E-state index in [4.69, 9.17) is 11.6 Å². The van der Waals surface area contributed by atoms with Gasteiger partial charge >= 0.3 is 0 Å². The lowest BCUT2D eigenvalue weighted by Crippen LogP contribution is -2.27. The van der Waals surface area contributed by atoms with Crippen LogP contribution in [0.15, 0.2) is 6.07 Å². The van der Waals surface area contributed by atoms with E-state index in [2.05, 4.69) is 22.1 Å². The Morgan fingerprint density at radius 2 is 2.33 bits per heavy atom. The van der Waals surface area contributed by atoms with Crippen molar-refractivity contribution in [3.8, 4) is 0 Å². The zero-order chi connectivity index (χ0) is 8.55. The van der Waals surface area contributed by atoms with Crippen LogP contribution < -0.4 is 0 Å². The van der Waals surface area contributed by atoms with Crippen molar-refractivity contribution in [1.29, 1.82) is 0 Å². The van der Waals surface area contributed by atoms with Crippen molar-refractivity contribution in [2.75, 3.05) is 13.6 Å². The van der Waals surface area contributed by atoms with E-state index in [0.717, 1.165) is 25.2 Å². The van der Waals surface area contributed by atoms with Crippen LogP contribution in [-0.2, 0) is 13.0 Å². The molecule has 0 atom stereocenters. The van der Waals surface area contributed by atoms with Crippen LogP contribution >= 0.6 is 11.6 Å². The van der Waals surface area contributed by atoms with Crippen molar-refractivity contribution >= 4 is 11.6 Å². The lowest BCUT2D eigenvalue weighted by Gasteiger charge is -2.23. The number of nitrogens with zero attached hydrogens (tertiary/aromatic N) is 3. The van der Waals surface area contributed by atoms with Gasteiger partial charge in [0.25, 0.3) is 0 Å². The Bertz CT molecular complexity index is 300. The van der Waals surface area contributed by atoms with Gasteiger partial charge in [0.05, 0.1) is 5.69 Å². The third-order valence-corrected chi connectivity index (χ3v) is 2.29. The van der Waals surface area contributed by atoms with Crippen molar-refractivity contribution in [1.82, 2.24) is 15.1 Å². The Morgan fingerprint density at radius 3 is 3.17 bits per heavy atom. The molecule has 2 rings (SSSR count). The second kappa shape index (κ2) is 2.99. The molecule has 0 N–H and O–H groups in total. The topological polar surface area (TPSA) is 29.0 Å². The van der Waals surface area contributed by atoms with Gasteiger partial charge in [-0.25, -0.2) is 0 Å². The number of hydrogen-bond donors (Lipinski definition) is 0. The zero-order valence-corrected chi connectivity index (χ0v) is 7.67. The van der Waals surface area contributed by atoms with Crippen molar-refractivity contribution in [3.05, 3.63) is 22.5 Å². The first-order valence-corrected chi connectivity index (χ1v) is 4.33. The van der Waals surface area contributed by atoms with E-state index >= 15 is 0 Å².